The van der Waals surface area contributed by atoms with Crippen LogP contribution in [-0.2, 0) is 11.8 Å². The first kappa shape index (κ1) is 16.3. The Hall–Kier alpha value is -1.73. The second kappa shape index (κ2) is 7.16. The van der Waals surface area contributed by atoms with Gasteiger partial charge in [-0.3, -0.25) is 9.59 Å². The molecule has 20 heavy (non-hydrogen) atoms. The maximum atomic E-state index is 12.5. The SMILES string of the molecule is COCCN(CCO)C(=O)c1c(C)c(C)nn(C)c1=O. The standard InChI is InChI=1S/C13H21N3O4/c1-9-10(2)14-15(3)12(18)11(9)13(19)16(5-7-17)6-8-20-4/h17H,5-8H2,1-4H3. The van der Waals surface area contributed by atoms with Gasteiger partial charge in [-0.2, -0.15) is 5.10 Å². The molecule has 0 aliphatic rings. The maximum Gasteiger partial charge on any atom is 0.279 e. The van der Waals surface area contributed by atoms with Crippen molar-refractivity contribution in [1.29, 1.82) is 0 Å². The second-order valence-electron chi connectivity index (χ2n) is 4.52. The summed E-state index contributed by atoms with van der Waals surface area (Å²) in [7, 11) is 3.04. The number of aryl methyl sites for hydroxylation is 2. The summed E-state index contributed by atoms with van der Waals surface area (Å²) in [6.45, 7) is 4.10. The fraction of sp³-hybridized carbons (Fsp3) is 0.615. The van der Waals surface area contributed by atoms with Gasteiger partial charge in [-0.25, -0.2) is 4.68 Å². The Morgan fingerprint density at radius 3 is 2.60 bits per heavy atom. The second-order valence-corrected chi connectivity index (χ2v) is 4.52. The summed E-state index contributed by atoms with van der Waals surface area (Å²) in [5.74, 6) is -0.403. The van der Waals surface area contributed by atoms with Gasteiger partial charge in [-0.15, -0.1) is 0 Å². The zero-order valence-corrected chi connectivity index (χ0v) is 12.3. The fourth-order valence-corrected chi connectivity index (χ4v) is 1.90. The summed E-state index contributed by atoms with van der Waals surface area (Å²) in [5.41, 5.74) is 0.868. The highest BCUT2D eigenvalue weighted by molar-refractivity contribution is 5.95. The molecule has 0 unspecified atom stereocenters. The van der Waals surface area contributed by atoms with Crippen LogP contribution in [-0.4, -0.2) is 59.1 Å². The summed E-state index contributed by atoms with van der Waals surface area (Å²) in [6, 6.07) is 0. The van der Waals surface area contributed by atoms with Gasteiger partial charge in [-0.05, 0) is 19.4 Å². The molecule has 1 heterocycles. The van der Waals surface area contributed by atoms with E-state index in [0.717, 1.165) is 4.68 Å². The van der Waals surface area contributed by atoms with E-state index in [2.05, 4.69) is 5.10 Å². The normalized spacial score (nSPS) is 10.7. The molecule has 0 saturated heterocycles. The molecule has 0 radical (unpaired) electrons. The average molecular weight is 283 g/mol. The molecule has 0 spiro atoms. The van der Waals surface area contributed by atoms with Gasteiger partial charge in [0.2, 0.25) is 0 Å². The highest BCUT2D eigenvalue weighted by atomic mass is 16.5. The van der Waals surface area contributed by atoms with Gasteiger partial charge in [0, 0.05) is 27.2 Å². The molecule has 0 fully saturated rings. The molecule has 1 N–H and O–H groups in total. The van der Waals surface area contributed by atoms with Crippen molar-refractivity contribution in [2.75, 3.05) is 33.4 Å². The number of aliphatic hydroxyl groups is 1. The Bertz CT molecular complexity index is 539. The summed E-state index contributed by atoms with van der Waals surface area (Å²) in [6.07, 6.45) is 0. The van der Waals surface area contributed by atoms with Crippen molar-refractivity contribution in [2.24, 2.45) is 7.05 Å². The molecule has 1 aromatic rings. The maximum absolute atomic E-state index is 12.5. The molecule has 1 amide bonds. The van der Waals surface area contributed by atoms with Gasteiger partial charge in [0.15, 0.2) is 0 Å². The predicted molar refractivity (Wildman–Crippen MR) is 73.8 cm³/mol. The Morgan fingerprint density at radius 2 is 2.05 bits per heavy atom. The van der Waals surface area contributed by atoms with E-state index in [4.69, 9.17) is 9.84 Å². The van der Waals surface area contributed by atoms with Crippen LogP contribution in [0.5, 0.6) is 0 Å². The van der Waals surface area contributed by atoms with Crippen LogP contribution in [0, 0.1) is 13.8 Å². The zero-order valence-electron chi connectivity index (χ0n) is 12.3. The third-order valence-electron chi connectivity index (χ3n) is 3.16. The minimum absolute atomic E-state index is 0.101. The Labute approximate surface area is 117 Å². The number of hydrogen-bond donors (Lipinski definition) is 1. The van der Waals surface area contributed by atoms with Crippen molar-refractivity contribution >= 4 is 5.91 Å². The van der Waals surface area contributed by atoms with E-state index < -0.39 is 11.5 Å². The quantitative estimate of drug-likeness (QED) is 0.759. The molecule has 0 bridgehead atoms. The first-order valence-corrected chi connectivity index (χ1v) is 6.37. The van der Waals surface area contributed by atoms with Crippen molar-refractivity contribution in [3.63, 3.8) is 0 Å². The summed E-state index contributed by atoms with van der Waals surface area (Å²) in [5, 5.41) is 13.1. The van der Waals surface area contributed by atoms with Gasteiger partial charge >= 0.3 is 0 Å². The monoisotopic (exact) mass is 283 g/mol. The van der Waals surface area contributed by atoms with Crippen LogP contribution in [0.4, 0.5) is 0 Å². The largest absolute Gasteiger partial charge is 0.395 e. The highest BCUT2D eigenvalue weighted by Gasteiger charge is 2.22. The number of hydrogen-bond acceptors (Lipinski definition) is 5. The van der Waals surface area contributed by atoms with Crippen molar-refractivity contribution in [2.45, 2.75) is 13.8 Å². The number of amides is 1. The fourth-order valence-electron chi connectivity index (χ4n) is 1.90. The van der Waals surface area contributed by atoms with Crippen LogP contribution in [0.1, 0.15) is 21.6 Å². The first-order chi connectivity index (χ1) is 9.43. The predicted octanol–water partition coefficient (Wildman–Crippen LogP) is -0.522. The number of rotatable bonds is 6. The summed E-state index contributed by atoms with van der Waals surface area (Å²) >= 11 is 0. The molecule has 7 nitrogen and oxygen atoms in total. The lowest BCUT2D eigenvalue weighted by molar-refractivity contribution is 0.0653. The number of carbonyl (C=O) groups is 1. The number of nitrogens with zero attached hydrogens (tertiary/aromatic N) is 3. The van der Waals surface area contributed by atoms with Gasteiger partial charge < -0.3 is 14.7 Å². The highest BCUT2D eigenvalue weighted by Crippen LogP contribution is 2.09. The Kier molecular flexibility index (Phi) is 5.84. The molecule has 0 aromatic carbocycles. The smallest absolute Gasteiger partial charge is 0.279 e. The van der Waals surface area contributed by atoms with E-state index in [0.29, 0.717) is 24.4 Å². The van der Waals surface area contributed by atoms with Crippen molar-refractivity contribution < 1.29 is 14.6 Å². The number of aromatic nitrogens is 2. The molecular weight excluding hydrogens is 262 g/mol. The van der Waals surface area contributed by atoms with Crippen LogP contribution < -0.4 is 5.56 Å². The zero-order chi connectivity index (χ0) is 15.3. The summed E-state index contributed by atoms with van der Waals surface area (Å²) < 4.78 is 6.10. The van der Waals surface area contributed by atoms with E-state index in [1.54, 1.807) is 13.8 Å². The molecular formula is C13H21N3O4. The third-order valence-corrected chi connectivity index (χ3v) is 3.16. The third kappa shape index (κ3) is 3.43. The van der Waals surface area contributed by atoms with E-state index in [-0.39, 0.29) is 18.7 Å². The van der Waals surface area contributed by atoms with Gasteiger partial charge in [0.05, 0.1) is 18.9 Å². The molecule has 0 aliphatic heterocycles. The lowest BCUT2D eigenvalue weighted by atomic mass is 10.1. The molecule has 1 aromatic heterocycles. The molecule has 0 saturated carbocycles. The van der Waals surface area contributed by atoms with Crippen LogP contribution in [0.2, 0.25) is 0 Å². The Balaban J connectivity index is 3.21. The van der Waals surface area contributed by atoms with Crippen LogP contribution in [0.25, 0.3) is 0 Å². The van der Waals surface area contributed by atoms with Crippen molar-refractivity contribution in [3.05, 3.63) is 27.2 Å². The lowest BCUT2D eigenvalue weighted by Gasteiger charge is -2.22. The van der Waals surface area contributed by atoms with Crippen LogP contribution in [0.3, 0.4) is 0 Å². The molecule has 112 valence electrons. The summed E-state index contributed by atoms with van der Waals surface area (Å²) in [4.78, 5) is 26.0. The van der Waals surface area contributed by atoms with Crippen LogP contribution in [0.15, 0.2) is 4.79 Å². The average Bonchev–Trinajstić information content (AvgIpc) is 2.41. The van der Waals surface area contributed by atoms with Gasteiger partial charge in [-0.1, -0.05) is 0 Å². The first-order valence-electron chi connectivity index (χ1n) is 6.37. The topological polar surface area (TPSA) is 84.7 Å². The van der Waals surface area contributed by atoms with Crippen molar-refractivity contribution in [1.82, 2.24) is 14.7 Å². The van der Waals surface area contributed by atoms with E-state index in [9.17, 15) is 9.59 Å². The van der Waals surface area contributed by atoms with Gasteiger partial charge in [0.1, 0.15) is 5.56 Å². The molecule has 0 aliphatic carbocycles. The van der Waals surface area contributed by atoms with E-state index in [1.807, 2.05) is 0 Å². The lowest BCUT2D eigenvalue weighted by Crippen LogP contribution is -2.41. The number of methoxy groups -OCH3 is 1. The molecule has 1 rings (SSSR count). The number of aliphatic hydroxyl groups excluding tert-OH is 1. The van der Waals surface area contributed by atoms with Gasteiger partial charge in [0.25, 0.3) is 11.5 Å². The van der Waals surface area contributed by atoms with E-state index in [1.165, 1.54) is 19.1 Å². The minimum Gasteiger partial charge on any atom is -0.395 e. The molecule has 7 heteroatoms. The van der Waals surface area contributed by atoms with E-state index >= 15 is 0 Å². The van der Waals surface area contributed by atoms with Crippen molar-refractivity contribution in [3.8, 4) is 0 Å². The Morgan fingerprint density at radius 1 is 1.40 bits per heavy atom. The number of ether oxygens (including phenoxy) is 1. The number of carbonyl (C=O) groups excluding carboxylic acids is 1. The molecule has 0 atom stereocenters. The van der Waals surface area contributed by atoms with Crippen LogP contribution >= 0.6 is 0 Å². The minimum atomic E-state index is -0.432.